The number of nitrogens with zero attached hydrogens (tertiary/aromatic N) is 2. The Morgan fingerprint density at radius 1 is 0.949 bits per heavy atom. The van der Waals surface area contributed by atoms with Crippen LogP contribution in [0.15, 0.2) is 71.7 Å². The predicted octanol–water partition coefficient (Wildman–Crippen LogP) is 6.43. The minimum absolute atomic E-state index is 0.00687. The third kappa shape index (κ3) is 5.13. The molecule has 0 bridgehead atoms. The van der Waals surface area contributed by atoms with Gasteiger partial charge in [-0.2, -0.15) is 0 Å². The smallest absolute Gasteiger partial charge is 0.224 e. The third-order valence-corrected chi connectivity index (χ3v) is 7.43. The van der Waals surface area contributed by atoms with Gasteiger partial charge in [0.05, 0.1) is 43.7 Å². The largest absolute Gasteiger partial charge is 0.497 e. The maximum atomic E-state index is 14.1. The molecule has 3 aromatic rings. The van der Waals surface area contributed by atoms with Crippen LogP contribution in [-0.4, -0.2) is 37.7 Å². The molecule has 0 radical (unpaired) electrons. The molecule has 39 heavy (non-hydrogen) atoms. The van der Waals surface area contributed by atoms with E-state index in [1.807, 2.05) is 80.6 Å². The monoisotopic (exact) mass is 526 g/mol. The molecule has 5 rings (SSSR count). The number of ether oxygens (including phenoxy) is 3. The number of ketones is 1. The molecule has 7 nitrogen and oxygen atoms in total. The number of aliphatic imine (C=N–C) groups is 1. The molecule has 3 unspecified atom stereocenters. The maximum absolute atomic E-state index is 14.1. The van der Waals surface area contributed by atoms with Crippen LogP contribution >= 0.6 is 0 Å². The molecule has 1 aliphatic heterocycles. The number of fused-ring (bicyclic) bond motifs is 2. The second kappa shape index (κ2) is 10.9. The van der Waals surface area contributed by atoms with Gasteiger partial charge >= 0.3 is 0 Å². The first-order valence-electron chi connectivity index (χ1n) is 13.3. The number of anilines is 1. The van der Waals surface area contributed by atoms with Gasteiger partial charge in [0.25, 0.3) is 0 Å². The molecule has 2 aliphatic rings. The van der Waals surface area contributed by atoms with Crippen molar-refractivity contribution in [3.05, 3.63) is 77.9 Å². The summed E-state index contributed by atoms with van der Waals surface area (Å²) in [4.78, 5) is 34.2. The van der Waals surface area contributed by atoms with Crippen molar-refractivity contribution in [3.8, 4) is 17.2 Å². The summed E-state index contributed by atoms with van der Waals surface area (Å²) >= 11 is 0. The van der Waals surface area contributed by atoms with Crippen LogP contribution in [0.4, 0.5) is 11.4 Å². The molecule has 0 N–H and O–H groups in total. The van der Waals surface area contributed by atoms with E-state index in [1.54, 1.807) is 19.1 Å². The Morgan fingerprint density at radius 2 is 1.67 bits per heavy atom. The van der Waals surface area contributed by atoms with Crippen molar-refractivity contribution in [2.45, 2.75) is 51.7 Å². The summed E-state index contributed by atoms with van der Waals surface area (Å²) in [6.45, 7) is 5.45. The Kier molecular flexibility index (Phi) is 7.42. The van der Waals surface area contributed by atoms with Crippen LogP contribution in [0.3, 0.4) is 0 Å². The fourth-order valence-electron chi connectivity index (χ4n) is 5.77. The molecular weight excluding hydrogens is 492 g/mol. The zero-order valence-electron chi connectivity index (χ0n) is 23.0. The highest BCUT2D eigenvalue weighted by atomic mass is 16.5. The minimum Gasteiger partial charge on any atom is -0.497 e. The topological polar surface area (TPSA) is 77.4 Å². The summed E-state index contributed by atoms with van der Waals surface area (Å²) in [5.41, 5.74) is 3.94. The van der Waals surface area contributed by atoms with Crippen LogP contribution in [0.1, 0.15) is 56.7 Å². The van der Waals surface area contributed by atoms with Crippen molar-refractivity contribution >= 4 is 28.8 Å². The average molecular weight is 527 g/mol. The minimum atomic E-state index is -0.614. The van der Waals surface area contributed by atoms with E-state index < -0.39 is 12.0 Å². The third-order valence-electron chi connectivity index (χ3n) is 7.43. The van der Waals surface area contributed by atoms with Crippen LogP contribution in [-0.2, 0) is 9.59 Å². The molecular formula is C32H34N2O5. The van der Waals surface area contributed by atoms with Crippen LogP contribution < -0.4 is 19.1 Å². The summed E-state index contributed by atoms with van der Waals surface area (Å²) in [5, 5.41) is 0. The number of amides is 1. The lowest BCUT2D eigenvalue weighted by Gasteiger charge is -2.39. The highest BCUT2D eigenvalue weighted by Gasteiger charge is 2.46. The zero-order chi connectivity index (χ0) is 27.7. The number of carbonyl (C=O) groups is 2. The zero-order valence-corrected chi connectivity index (χ0v) is 23.0. The normalized spacial score (nSPS) is 20.5. The van der Waals surface area contributed by atoms with Gasteiger partial charge < -0.3 is 19.1 Å². The highest BCUT2D eigenvalue weighted by molar-refractivity contribution is 6.13. The number of benzene rings is 3. The quantitative estimate of drug-likeness (QED) is 0.370. The van der Waals surface area contributed by atoms with E-state index in [2.05, 4.69) is 0 Å². The first kappa shape index (κ1) is 26.5. The summed E-state index contributed by atoms with van der Waals surface area (Å²) in [7, 11) is 3.23. The molecule has 3 atom stereocenters. The standard InChI is InChI=1S/C32H34N2O5/c1-19(2)39-24-14-15-25(30(18-24)38-5)32-31-27(33-26-8-6-7-9-28(26)34(32)20(3)35)16-22(17-29(31)36)21-10-12-23(37-4)13-11-21/h6-15,18-19,22,31-32H,16-17H2,1-5H3. The first-order valence-corrected chi connectivity index (χ1v) is 13.3. The number of methoxy groups -OCH3 is 2. The molecule has 7 heteroatoms. The second-order valence-electron chi connectivity index (χ2n) is 10.3. The van der Waals surface area contributed by atoms with Crippen molar-refractivity contribution < 1.29 is 23.8 Å². The molecule has 202 valence electrons. The van der Waals surface area contributed by atoms with Gasteiger partial charge in [-0.25, -0.2) is 0 Å². The van der Waals surface area contributed by atoms with Crippen molar-refractivity contribution in [1.82, 2.24) is 0 Å². The number of rotatable bonds is 6. The molecule has 1 saturated carbocycles. The van der Waals surface area contributed by atoms with Gasteiger partial charge in [-0.3, -0.25) is 14.6 Å². The maximum Gasteiger partial charge on any atom is 0.224 e. The number of para-hydroxylation sites is 2. The first-order chi connectivity index (χ1) is 18.8. The fraction of sp³-hybridized carbons (Fsp3) is 0.344. The molecule has 3 aromatic carbocycles. The Morgan fingerprint density at radius 3 is 2.33 bits per heavy atom. The number of hydrogen-bond acceptors (Lipinski definition) is 6. The van der Waals surface area contributed by atoms with Crippen molar-refractivity contribution in [2.24, 2.45) is 10.9 Å². The van der Waals surface area contributed by atoms with Gasteiger partial charge in [0.2, 0.25) is 5.91 Å². The van der Waals surface area contributed by atoms with Crippen molar-refractivity contribution in [1.29, 1.82) is 0 Å². The fourth-order valence-corrected chi connectivity index (χ4v) is 5.77. The Balaban J connectivity index is 1.65. The van der Waals surface area contributed by atoms with E-state index in [0.29, 0.717) is 35.7 Å². The van der Waals surface area contributed by atoms with Gasteiger partial charge in [0.1, 0.15) is 23.0 Å². The second-order valence-corrected chi connectivity index (χ2v) is 10.3. The summed E-state index contributed by atoms with van der Waals surface area (Å²) in [6.07, 6.45) is 0.953. The van der Waals surface area contributed by atoms with E-state index >= 15 is 0 Å². The van der Waals surface area contributed by atoms with E-state index in [9.17, 15) is 9.59 Å². The molecule has 1 amide bonds. The lowest BCUT2D eigenvalue weighted by Crippen LogP contribution is -2.45. The molecule has 0 aromatic heterocycles. The van der Waals surface area contributed by atoms with Crippen LogP contribution in [0, 0.1) is 5.92 Å². The van der Waals surface area contributed by atoms with E-state index in [4.69, 9.17) is 19.2 Å². The van der Waals surface area contributed by atoms with E-state index in [0.717, 1.165) is 22.6 Å². The van der Waals surface area contributed by atoms with Gasteiger partial charge in [-0.15, -0.1) is 0 Å². The Bertz CT molecular complexity index is 1410. The van der Waals surface area contributed by atoms with Crippen molar-refractivity contribution in [3.63, 3.8) is 0 Å². The van der Waals surface area contributed by atoms with Crippen molar-refractivity contribution in [2.75, 3.05) is 19.1 Å². The lowest BCUT2D eigenvalue weighted by atomic mass is 9.72. The Hall–Kier alpha value is -4.13. The highest BCUT2D eigenvalue weighted by Crippen LogP contribution is 2.49. The average Bonchev–Trinajstić information content (AvgIpc) is 3.07. The van der Waals surface area contributed by atoms with Crippen LogP contribution in [0.25, 0.3) is 0 Å². The van der Waals surface area contributed by atoms with Gasteiger partial charge in [-0.05, 0) is 68.1 Å². The predicted molar refractivity (Wildman–Crippen MR) is 152 cm³/mol. The SMILES string of the molecule is COc1ccc(C2CC(=O)C3C(=Nc4ccccc4N(C(C)=O)C3c3ccc(OC(C)C)cc3OC)C2)cc1. The summed E-state index contributed by atoms with van der Waals surface area (Å²) in [6, 6.07) is 20.4. The van der Waals surface area contributed by atoms with Crippen LogP contribution in [0.5, 0.6) is 17.2 Å². The Labute approximate surface area is 229 Å². The van der Waals surface area contributed by atoms with Gasteiger partial charge in [-0.1, -0.05) is 24.3 Å². The van der Waals surface area contributed by atoms with Gasteiger partial charge in [0.15, 0.2) is 0 Å². The molecule has 0 saturated heterocycles. The lowest BCUT2D eigenvalue weighted by molar-refractivity contribution is -0.123. The summed E-state index contributed by atoms with van der Waals surface area (Å²) in [5.74, 6) is 1.26. The van der Waals surface area contributed by atoms with Crippen LogP contribution in [0.2, 0.25) is 0 Å². The molecule has 1 aliphatic carbocycles. The molecule has 1 fully saturated rings. The molecule has 0 spiro atoms. The van der Waals surface area contributed by atoms with E-state index in [-0.39, 0.29) is 23.7 Å². The van der Waals surface area contributed by atoms with E-state index in [1.165, 1.54) is 6.92 Å². The number of carbonyl (C=O) groups excluding carboxylic acids is 2. The number of Topliss-reactive ketones (excluding diaryl/α,β-unsaturated/α-hetero) is 1. The van der Waals surface area contributed by atoms with Gasteiger partial charge in [0, 0.05) is 30.7 Å². The number of hydrogen-bond donors (Lipinski definition) is 0. The summed E-state index contributed by atoms with van der Waals surface area (Å²) < 4.78 is 17.0. The molecule has 1 heterocycles.